The van der Waals surface area contributed by atoms with Gasteiger partial charge in [-0.05, 0) is 61.6 Å². The monoisotopic (exact) mass is 570 g/mol. The average molecular weight is 571 g/mol. The number of nitrogens with zero attached hydrogens (tertiary/aromatic N) is 2. The minimum absolute atomic E-state index is 0.131. The van der Waals surface area contributed by atoms with E-state index in [1.165, 1.54) is 46.0 Å². The second-order valence-electron chi connectivity index (χ2n) is 9.99. The highest BCUT2D eigenvalue weighted by Gasteiger charge is 2.31. The lowest BCUT2D eigenvalue weighted by Gasteiger charge is -2.31. The minimum atomic E-state index is -1.47. The van der Waals surface area contributed by atoms with Crippen LogP contribution in [0.15, 0.2) is 47.1 Å². The van der Waals surface area contributed by atoms with Gasteiger partial charge in [-0.3, -0.25) is 4.79 Å². The number of hydrogen-bond acceptors (Lipinski definition) is 6. The lowest BCUT2D eigenvalue weighted by atomic mass is 9.59. The summed E-state index contributed by atoms with van der Waals surface area (Å²) in [5.74, 6) is -1.86. The SMILES string of the molecule is BC(B)(O)C(NC(=O)c1ccc(-c2nc([C@H]3CC[C@H](O)CC3)cnc2N)cc1F)c1cc(F)cc(Br)c1. The van der Waals surface area contributed by atoms with E-state index in [4.69, 9.17) is 5.73 Å². The van der Waals surface area contributed by atoms with E-state index in [9.17, 15) is 19.4 Å². The molecule has 1 aromatic heterocycles. The molecule has 0 saturated heterocycles. The molecule has 12 heteroatoms. The Morgan fingerprint density at radius 3 is 2.49 bits per heavy atom. The van der Waals surface area contributed by atoms with Gasteiger partial charge in [0, 0.05) is 21.4 Å². The molecule has 1 heterocycles. The number of anilines is 1. The first-order valence-corrected chi connectivity index (χ1v) is 12.8. The number of nitrogens with one attached hydrogen (secondary N) is 1. The van der Waals surface area contributed by atoms with E-state index in [0.717, 1.165) is 18.5 Å². The van der Waals surface area contributed by atoms with Gasteiger partial charge in [-0.25, -0.2) is 18.7 Å². The van der Waals surface area contributed by atoms with E-state index < -0.39 is 29.0 Å². The Labute approximate surface area is 223 Å². The number of aliphatic hydroxyl groups is 2. The summed E-state index contributed by atoms with van der Waals surface area (Å²) in [6, 6.07) is 7.03. The van der Waals surface area contributed by atoms with Crippen LogP contribution in [-0.4, -0.2) is 53.3 Å². The summed E-state index contributed by atoms with van der Waals surface area (Å²) in [5, 5.41) is 21.6. The Morgan fingerprint density at radius 1 is 1.16 bits per heavy atom. The zero-order chi connectivity index (χ0) is 26.9. The molecule has 5 N–H and O–H groups in total. The quantitative estimate of drug-likeness (QED) is 0.337. The van der Waals surface area contributed by atoms with Crippen LogP contribution in [0.2, 0.25) is 0 Å². The van der Waals surface area contributed by atoms with Crippen molar-refractivity contribution in [2.45, 2.75) is 49.1 Å². The third-order valence-electron chi connectivity index (χ3n) is 6.62. The van der Waals surface area contributed by atoms with Gasteiger partial charge < -0.3 is 21.3 Å². The van der Waals surface area contributed by atoms with Crippen molar-refractivity contribution in [3.63, 3.8) is 0 Å². The fourth-order valence-electron chi connectivity index (χ4n) is 4.66. The number of nitrogens with two attached hydrogens (primary N) is 1. The fourth-order valence-corrected chi connectivity index (χ4v) is 5.14. The van der Waals surface area contributed by atoms with E-state index >= 15 is 4.39 Å². The van der Waals surface area contributed by atoms with Crippen molar-refractivity contribution in [3.05, 3.63) is 75.5 Å². The maximum atomic E-state index is 15.2. The van der Waals surface area contributed by atoms with Crippen LogP contribution in [-0.2, 0) is 0 Å². The average Bonchev–Trinajstić information content (AvgIpc) is 2.82. The highest BCUT2D eigenvalue weighted by Crippen LogP contribution is 2.34. The molecule has 37 heavy (non-hydrogen) atoms. The second-order valence-corrected chi connectivity index (χ2v) is 10.9. The molecule has 192 valence electrons. The van der Waals surface area contributed by atoms with Crippen LogP contribution in [0, 0.1) is 11.6 Å². The van der Waals surface area contributed by atoms with Crippen molar-refractivity contribution in [2.75, 3.05) is 5.73 Å². The molecule has 3 aromatic rings. The highest BCUT2D eigenvalue weighted by atomic mass is 79.9. The number of amides is 1. The largest absolute Gasteiger partial charge is 0.405 e. The predicted octanol–water partition coefficient (Wildman–Crippen LogP) is 2.17. The van der Waals surface area contributed by atoms with Gasteiger partial charge in [0.15, 0.2) is 0 Å². The Bertz CT molecular complexity index is 1300. The van der Waals surface area contributed by atoms with E-state index in [2.05, 4.69) is 31.2 Å². The van der Waals surface area contributed by atoms with E-state index in [1.54, 1.807) is 12.3 Å². The standard InChI is InChI=1S/C25H27B2BrF2N4O3/c26-25(27,37)22(14-7-15(28)10-16(29)8-14)34-24(36)18-6-3-13(9-19(18)30)21-23(31)32-11-20(33-21)12-1-4-17(35)5-2-12/h3,6-12,17,22,35,37H,1-2,4-5,26-27H2,(H2,31,32)(H,34,36)/t12-,17-,22?. The van der Waals surface area contributed by atoms with Crippen LogP contribution in [0.5, 0.6) is 0 Å². The molecule has 0 bridgehead atoms. The van der Waals surface area contributed by atoms with Crippen molar-refractivity contribution in [1.29, 1.82) is 0 Å². The van der Waals surface area contributed by atoms with E-state index in [1.807, 2.05) is 0 Å². The van der Waals surface area contributed by atoms with Crippen molar-refractivity contribution >= 4 is 43.3 Å². The number of nitrogen functional groups attached to an aromatic ring is 1. The van der Waals surface area contributed by atoms with Crippen LogP contribution in [0.25, 0.3) is 11.3 Å². The van der Waals surface area contributed by atoms with Crippen LogP contribution < -0.4 is 11.1 Å². The Kier molecular flexibility index (Phi) is 8.01. The smallest absolute Gasteiger partial charge is 0.254 e. The molecule has 0 radical (unpaired) electrons. The Morgan fingerprint density at radius 2 is 1.86 bits per heavy atom. The molecular weight excluding hydrogens is 544 g/mol. The molecule has 0 spiro atoms. The summed E-state index contributed by atoms with van der Waals surface area (Å²) in [7, 11) is 2.94. The zero-order valence-electron chi connectivity index (χ0n) is 20.5. The summed E-state index contributed by atoms with van der Waals surface area (Å²) in [4.78, 5) is 21.9. The molecule has 0 aliphatic heterocycles. The summed E-state index contributed by atoms with van der Waals surface area (Å²) in [6.07, 6.45) is 4.23. The summed E-state index contributed by atoms with van der Waals surface area (Å²) in [5.41, 5.74) is 7.52. The van der Waals surface area contributed by atoms with Crippen LogP contribution in [0.1, 0.15) is 59.3 Å². The summed E-state index contributed by atoms with van der Waals surface area (Å²) in [6.45, 7) is 0. The number of rotatable bonds is 6. The lowest BCUT2D eigenvalue weighted by Crippen LogP contribution is -2.47. The highest BCUT2D eigenvalue weighted by molar-refractivity contribution is 9.10. The summed E-state index contributed by atoms with van der Waals surface area (Å²) >= 11 is 3.21. The van der Waals surface area contributed by atoms with Crippen molar-refractivity contribution in [3.8, 4) is 11.3 Å². The Hall–Kier alpha value is -2.82. The molecule has 1 unspecified atom stereocenters. The number of carbonyl (C=O) groups is 1. The van der Waals surface area contributed by atoms with Crippen molar-refractivity contribution in [2.24, 2.45) is 0 Å². The van der Waals surface area contributed by atoms with E-state index in [-0.39, 0.29) is 23.4 Å². The number of carbonyl (C=O) groups excluding carboxylic acids is 1. The van der Waals surface area contributed by atoms with Gasteiger partial charge in [0.05, 0.1) is 29.6 Å². The molecule has 1 fully saturated rings. The third-order valence-corrected chi connectivity index (χ3v) is 7.08. The van der Waals surface area contributed by atoms with Gasteiger partial charge in [0.25, 0.3) is 5.91 Å². The number of benzene rings is 2. The number of halogens is 3. The van der Waals surface area contributed by atoms with Crippen LogP contribution in [0.3, 0.4) is 0 Å². The topological polar surface area (TPSA) is 121 Å². The van der Waals surface area contributed by atoms with Gasteiger partial charge in [-0.1, -0.05) is 22.0 Å². The molecule has 1 saturated carbocycles. The maximum absolute atomic E-state index is 15.2. The molecule has 1 aliphatic rings. The molecule has 2 aromatic carbocycles. The van der Waals surface area contributed by atoms with Crippen molar-refractivity contribution in [1.82, 2.24) is 15.3 Å². The maximum Gasteiger partial charge on any atom is 0.254 e. The number of aromatic nitrogens is 2. The van der Waals surface area contributed by atoms with Gasteiger partial charge in [-0.15, -0.1) is 0 Å². The molecule has 7 nitrogen and oxygen atoms in total. The Balaban J connectivity index is 1.59. The fraction of sp³-hybridized carbons (Fsp3) is 0.320. The normalized spacial score (nSPS) is 18.8. The van der Waals surface area contributed by atoms with E-state index in [0.29, 0.717) is 34.1 Å². The molecule has 4 rings (SSSR count). The predicted molar refractivity (Wildman–Crippen MR) is 145 cm³/mol. The number of hydrogen-bond donors (Lipinski definition) is 4. The number of aliphatic hydroxyl groups excluding tert-OH is 1. The van der Waals surface area contributed by atoms with Gasteiger partial charge >= 0.3 is 0 Å². The molecule has 1 amide bonds. The van der Waals surface area contributed by atoms with Gasteiger partial charge in [0.1, 0.15) is 38.8 Å². The zero-order valence-corrected chi connectivity index (χ0v) is 22.1. The molecular formula is C25H27B2BrF2N4O3. The summed E-state index contributed by atoms with van der Waals surface area (Å²) < 4.78 is 29.6. The lowest BCUT2D eigenvalue weighted by molar-refractivity contribution is 0.0870. The van der Waals surface area contributed by atoms with Crippen LogP contribution in [0.4, 0.5) is 14.6 Å². The van der Waals surface area contributed by atoms with Gasteiger partial charge in [0.2, 0.25) is 0 Å². The van der Waals surface area contributed by atoms with Gasteiger partial charge in [-0.2, -0.15) is 0 Å². The minimum Gasteiger partial charge on any atom is -0.405 e. The van der Waals surface area contributed by atoms with Crippen molar-refractivity contribution < 1.29 is 23.8 Å². The van der Waals surface area contributed by atoms with Crippen LogP contribution >= 0.6 is 15.9 Å². The molecule has 1 atom stereocenters. The molecule has 1 aliphatic carbocycles. The second kappa shape index (κ2) is 10.9. The first-order valence-electron chi connectivity index (χ1n) is 12.0. The first-order chi connectivity index (χ1) is 17.4. The first kappa shape index (κ1) is 27.2. The third kappa shape index (κ3) is 6.37.